The Morgan fingerprint density at radius 3 is 2.70 bits per heavy atom. The Morgan fingerprint density at radius 2 is 2.20 bits per heavy atom. The minimum absolute atomic E-state index is 0.857. The maximum absolute atomic E-state index is 4.58. The van der Waals surface area contributed by atoms with E-state index in [2.05, 4.69) is 14.7 Å². The SMILES string of the molecule is CC=N/C(C)=C\N=COC. The van der Waals surface area contributed by atoms with Gasteiger partial charge in [0.15, 0.2) is 6.40 Å². The molecule has 0 aromatic rings. The average Bonchev–Trinajstić information content (AvgIpc) is 1.89. The summed E-state index contributed by atoms with van der Waals surface area (Å²) in [6, 6.07) is 0. The van der Waals surface area contributed by atoms with E-state index in [0.717, 1.165) is 5.70 Å². The summed E-state index contributed by atoms with van der Waals surface area (Å²) in [5.74, 6) is 0. The molecule has 0 rings (SSSR count). The lowest BCUT2D eigenvalue weighted by Crippen LogP contribution is -1.74. The normalized spacial score (nSPS) is 13.3. The van der Waals surface area contributed by atoms with Crippen LogP contribution in [0.5, 0.6) is 0 Å². The summed E-state index contributed by atoms with van der Waals surface area (Å²) in [4.78, 5) is 7.75. The number of nitrogens with zero attached hydrogens (tertiary/aromatic N) is 2. The first-order valence-electron chi connectivity index (χ1n) is 3.01. The molecule has 0 aliphatic carbocycles. The molecule has 0 aliphatic rings. The molecule has 0 spiro atoms. The average molecular weight is 140 g/mol. The summed E-state index contributed by atoms with van der Waals surface area (Å²) in [6.45, 7) is 3.73. The monoisotopic (exact) mass is 140 g/mol. The molecule has 0 amide bonds. The van der Waals surface area contributed by atoms with Crippen LogP contribution in [0.25, 0.3) is 0 Å². The van der Waals surface area contributed by atoms with E-state index in [0.29, 0.717) is 0 Å². The van der Waals surface area contributed by atoms with Gasteiger partial charge in [-0.05, 0) is 13.8 Å². The molecule has 3 heteroatoms. The summed E-state index contributed by atoms with van der Waals surface area (Å²) in [5.41, 5.74) is 0.857. The van der Waals surface area contributed by atoms with Crippen molar-refractivity contribution in [1.29, 1.82) is 0 Å². The van der Waals surface area contributed by atoms with E-state index in [-0.39, 0.29) is 0 Å². The van der Waals surface area contributed by atoms with Crippen LogP contribution >= 0.6 is 0 Å². The number of allylic oxidation sites excluding steroid dienone is 1. The van der Waals surface area contributed by atoms with Gasteiger partial charge in [-0.1, -0.05) is 0 Å². The second kappa shape index (κ2) is 6.01. The molecule has 0 aliphatic heterocycles. The Kier molecular flexibility index (Phi) is 5.33. The first kappa shape index (κ1) is 8.88. The van der Waals surface area contributed by atoms with Gasteiger partial charge in [0.05, 0.1) is 19.0 Å². The van der Waals surface area contributed by atoms with Gasteiger partial charge < -0.3 is 4.74 Å². The molecule has 0 unspecified atom stereocenters. The summed E-state index contributed by atoms with van der Waals surface area (Å²) in [6.07, 6.45) is 4.70. The number of aliphatic imine (C=N–C) groups is 2. The van der Waals surface area contributed by atoms with Gasteiger partial charge in [0, 0.05) is 6.21 Å². The van der Waals surface area contributed by atoms with Crippen LogP contribution in [0, 0.1) is 0 Å². The van der Waals surface area contributed by atoms with Crippen molar-refractivity contribution >= 4 is 12.6 Å². The molecular weight excluding hydrogens is 128 g/mol. The van der Waals surface area contributed by atoms with Crippen LogP contribution in [0.3, 0.4) is 0 Å². The van der Waals surface area contributed by atoms with Gasteiger partial charge in [-0.2, -0.15) is 0 Å². The van der Waals surface area contributed by atoms with Crippen molar-refractivity contribution in [3.05, 3.63) is 11.9 Å². The third-order valence-electron chi connectivity index (χ3n) is 0.760. The zero-order chi connectivity index (χ0) is 7.82. The van der Waals surface area contributed by atoms with Crippen LogP contribution in [0.1, 0.15) is 13.8 Å². The summed E-state index contributed by atoms with van der Waals surface area (Å²) >= 11 is 0. The fourth-order valence-corrected chi connectivity index (χ4v) is 0.436. The van der Waals surface area contributed by atoms with Crippen LogP contribution in [-0.4, -0.2) is 19.7 Å². The number of methoxy groups -OCH3 is 1. The lowest BCUT2D eigenvalue weighted by Gasteiger charge is -1.85. The van der Waals surface area contributed by atoms with Gasteiger partial charge in [0.1, 0.15) is 0 Å². The topological polar surface area (TPSA) is 34.0 Å². The molecule has 0 aromatic carbocycles. The molecule has 0 atom stereocenters. The van der Waals surface area contributed by atoms with Crippen molar-refractivity contribution in [2.45, 2.75) is 13.8 Å². The standard InChI is InChI=1S/C7H12N2O/c1-4-9-7(2)5-8-6-10-3/h4-6H,1-3H3/b7-5-,8-6?,9-4?. The van der Waals surface area contributed by atoms with Crippen LogP contribution in [-0.2, 0) is 4.74 Å². The number of rotatable bonds is 3. The second-order valence-corrected chi connectivity index (χ2v) is 1.65. The van der Waals surface area contributed by atoms with E-state index in [4.69, 9.17) is 0 Å². The maximum atomic E-state index is 4.58. The first-order chi connectivity index (χ1) is 4.81. The van der Waals surface area contributed by atoms with Gasteiger partial charge in [0.25, 0.3) is 0 Å². The van der Waals surface area contributed by atoms with E-state index < -0.39 is 0 Å². The van der Waals surface area contributed by atoms with Gasteiger partial charge in [-0.3, -0.25) is 4.99 Å². The highest BCUT2D eigenvalue weighted by Crippen LogP contribution is 1.91. The van der Waals surface area contributed by atoms with Gasteiger partial charge >= 0.3 is 0 Å². The molecule has 0 radical (unpaired) electrons. The molecule has 3 nitrogen and oxygen atoms in total. The third kappa shape index (κ3) is 5.03. The zero-order valence-electron chi connectivity index (χ0n) is 6.53. The van der Waals surface area contributed by atoms with Crippen LogP contribution in [0.2, 0.25) is 0 Å². The lowest BCUT2D eigenvalue weighted by molar-refractivity contribution is 0.423. The van der Waals surface area contributed by atoms with E-state index in [1.807, 2.05) is 13.8 Å². The minimum Gasteiger partial charge on any atom is -0.486 e. The van der Waals surface area contributed by atoms with E-state index in [9.17, 15) is 0 Å². The Morgan fingerprint density at radius 1 is 1.50 bits per heavy atom. The number of hydrogen-bond donors (Lipinski definition) is 0. The fraction of sp³-hybridized carbons (Fsp3) is 0.429. The Balaban J connectivity index is 3.79. The molecule has 0 N–H and O–H groups in total. The quantitative estimate of drug-likeness (QED) is 0.433. The molecule has 0 aromatic heterocycles. The molecule has 0 heterocycles. The van der Waals surface area contributed by atoms with Crippen LogP contribution < -0.4 is 0 Å². The summed E-state index contributed by atoms with van der Waals surface area (Å²) in [5, 5.41) is 0. The maximum Gasteiger partial charge on any atom is 0.173 e. The predicted molar refractivity (Wildman–Crippen MR) is 43.4 cm³/mol. The second-order valence-electron chi connectivity index (χ2n) is 1.65. The zero-order valence-corrected chi connectivity index (χ0v) is 6.53. The van der Waals surface area contributed by atoms with Crippen molar-refractivity contribution in [2.75, 3.05) is 7.11 Å². The first-order valence-corrected chi connectivity index (χ1v) is 3.01. The van der Waals surface area contributed by atoms with Crippen molar-refractivity contribution in [3.63, 3.8) is 0 Å². The van der Waals surface area contributed by atoms with Gasteiger partial charge in [-0.15, -0.1) is 0 Å². The van der Waals surface area contributed by atoms with E-state index >= 15 is 0 Å². The van der Waals surface area contributed by atoms with Gasteiger partial charge in [0.2, 0.25) is 0 Å². The smallest absolute Gasteiger partial charge is 0.173 e. The highest BCUT2D eigenvalue weighted by atomic mass is 16.5. The molecule has 0 saturated carbocycles. The Labute approximate surface area is 61.1 Å². The predicted octanol–water partition coefficient (Wildman–Crippen LogP) is 1.61. The lowest BCUT2D eigenvalue weighted by atomic mass is 10.5. The van der Waals surface area contributed by atoms with Gasteiger partial charge in [-0.25, -0.2) is 4.99 Å². The van der Waals surface area contributed by atoms with E-state index in [1.165, 1.54) is 6.40 Å². The van der Waals surface area contributed by atoms with Crippen LogP contribution in [0.15, 0.2) is 21.9 Å². The van der Waals surface area contributed by atoms with E-state index in [1.54, 1.807) is 19.5 Å². The molecular formula is C7H12N2O. The Hall–Kier alpha value is -1.12. The highest BCUT2D eigenvalue weighted by molar-refractivity contribution is 5.55. The number of ether oxygens (including phenoxy) is 1. The molecule has 0 fully saturated rings. The highest BCUT2D eigenvalue weighted by Gasteiger charge is 1.75. The van der Waals surface area contributed by atoms with Crippen molar-refractivity contribution in [1.82, 2.24) is 0 Å². The summed E-state index contributed by atoms with van der Waals surface area (Å²) < 4.78 is 4.58. The molecule has 56 valence electrons. The Bertz CT molecular complexity index is 159. The van der Waals surface area contributed by atoms with Crippen molar-refractivity contribution < 1.29 is 4.74 Å². The van der Waals surface area contributed by atoms with Crippen molar-refractivity contribution in [3.8, 4) is 0 Å². The minimum atomic E-state index is 0.857. The largest absolute Gasteiger partial charge is 0.486 e. The summed E-state index contributed by atoms with van der Waals surface area (Å²) in [7, 11) is 1.55. The number of hydrogen-bond acceptors (Lipinski definition) is 3. The molecule has 10 heavy (non-hydrogen) atoms. The van der Waals surface area contributed by atoms with Crippen molar-refractivity contribution in [2.24, 2.45) is 9.98 Å². The third-order valence-corrected chi connectivity index (χ3v) is 0.760. The fourth-order valence-electron chi connectivity index (χ4n) is 0.436. The molecule has 0 saturated heterocycles. The molecule has 0 bridgehead atoms. The van der Waals surface area contributed by atoms with Crippen LogP contribution in [0.4, 0.5) is 0 Å².